The van der Waals surface area contributed by atoms with E-state index < -0.39 is 17.8 Å². The van der Waals surface area contributed by atoms with Crippen molar-refractivity contribution in [1.29, 1.82) is 0 Å². The Hall–Kier alpha value is -2.24. The molecule has 0 aliphatic heterocycles. The fourth-order valence-corrected chi connectivity index (χ4v) is 2.36. The maximum Gasteiger partial charge on any atom is 0.411 e. The first-order valence-corrected chi connectivity index (χ1v) is 8.55. The van der Waals surface area contributed by atoms with Crippen molar-refractivity contribution in [3.05, 3.63) is 23.8 Å². The molecule has 0 fully saturated rings. The molecule has 6 heteroatoms. The molecule has 0 radical (unpaired) electrons. The lowest BCUT2D eigenvalue weighted by atomic mass is 10.1. The maximum absolute atomic E-state index is 11.7. The van der Waals surface area contributed by atoms with Crippen LogP contribution in [-0.4, -0.2) is 28.9 Å². The van der Waals surface area contributed by atoms with Gasteiger partial charge in [-0.1, -0.05) is 57.9 Å². The highest BCUT2D eigenvalue weighted by molar-refractivity contribution is 5.96. The van der Waals surface area contributed by atoms with Crippen molar-refractivity contribution in [1.82, 2.24) is 0 Å². The first kappa shape index (κ1) is 19.8. The number of aromatic carboxylic acids is 1. The second-order valence-electron chi connectivity index (χ2n) is 5.74. The highest BCUT2D eigenvalue weighted by atomic mass is 16.5. The maximum atomic E-state index is 11.7. The molecule has 0 saturated carbocycles. The number of aromatic hydroxyl groups is 1. The number of carboxylic acid groups (broad SMARTS) is 1. The molecule has 0 aromatic heterocycles. The van der Waals surface area contributed by atoms with Crippen LogP contribution in [0.15, 0.2) is 18.2 Å². The Labute approximate surface area is 142 Å². The van der Waals surface area contributed by atoms with Gasteiger partial charge in [-0.2, -0.15) is 0 Å². The predicted molar refractivity (Wildman–Crippen MR) is 92.6 cm³/mol. The van der Waals surface area contributed by atoms with E-state index in [1.54, 1.807) is 0 Å². The average molecular weight is 337 g/mol. The molecule has 0 aliphatic rings. The molecule has 0 unspecified atom stereocenters. The lowest BCUT2D eigenvalue weighted by Gasteiger charge is -2.09. The number of amides is 1. The fraction of sp³-hybridized carbons (Fsp3) is 0.556. The molecular weight excluding hydrogens is 310 g/mol. The van der Waals surface area contributed by atoms with E-state index in [4.69, 9.17) is 9.84 Å². The average Bonchev–Trinajstić information content (AvgIpc) is 2.55. The monoisotopic (exact) mass is 337 g/mol. The Balaban J connectivity index is 2.21. The van der Waals surface area contributed by atoms with Crippen molar-refractivity contribution in [2.75, 3.05) is 11.9 Å². The van der Waals surface area contributed by atoms with Crippen LogP contribution in [0, 0.1) is 0 Å². The van der Waals surface area contributed by atoms with Gasteiger partial charge in [-0.3, -0.25) is 5.32 Å². The SMILES string of the molecule is CCCCCCCCCCOC(=O)Nc1cccc(C(=O)O)c1O. The van der Waals surface area contributed by atoms with Crippen LogP contribution in [0.25, 0.3) is 0 Å². The Morgan fingerprint density at radius 3 is 2.29 bits per heavy atom. The van der Waals surface area contributed by atoms with Crippen LogP contribution >= 0.6 is 0 Å². The molecule has 0 atom stereocenters. The van der Waals surface area contributed by atoms with Crippen LogP contribution in [0.2, 0.25) is 0 Å². The summed E-state index contributed by atoms with van der Waals surface area (Å²) in [4.78, 5) is 22.6. The molecule has 0 bridgehead atoms. The minimum Gasteiger partial charge on any atom is -0.505 e. The normalized spacial score (nSPS) is 10.4. The minimum atomic E-state index is -1.26. The third-order valence-electron chi connectivity index (χ3n) is 3.73. The van der Waals surface area contributed by atoms with E-state index in [9.17, 15) is 14.7 Å². The van der Waals surface area contributed by atoms with Crippen LogP contribution in [0.5, 0.6) is 5.75 Å². The molecule has 24 heavy (non-hydrogen) atoms. The Morgan fingerprint density at radius 1 is 1.04 bits per heavy atom. The second kappa shape index (κ2) is 11.3. The molecule has 0 heterocycles. The van der Waals surface area contributed by atoms with Gasteiger partial charge >= 0.3 is 12.1 Å². The Morgan fingerprint density at radius 2 is 1.67 bits per heavy atom. The number of para-hydroxylation sites is 1. The van der Waals surface area contributed by atoms with E-state index in [1.807, 2.05) is 0 Å². The second-order valence-corrected chi connectivity index (χ2v) is 5.74. The number of hydrogen-bond acceptors (Lipinski definition) is 4. The number of ether oxygens (including phenoxy) is 1. The van der Waals surface area contributed by atoms with Crippen LogP contribution in [0.1, 0.15) is 68.6 Å². The fourth-order valence-electron chi connectivity index (χ4n) is 2.36. The van der Waals surface area contributed by atoms with E-state index in [0.29, 0.717) is 6.61 Å². The Bertz CT molecular complexity index is 530. The smallest absolute Gasteiger partial charge is 0.411 e. The van der Waals surface area contributed by atoms with Crippen LogP contribution in [0.3, 0.4) is 0 Å². The topological polar surface area (TPSA) is 95.9 Å². The zero-order valence-electron chi connectivity index (χ0n) is 14.2. The van der Waals surface area contributed by atoms with Crippen molar-refractivity contribution in [2.24, 2.45) is 0 Å². The van der Waals surface area contributed by atoms with Gasteiger partial charge in [0.2, 0.25) is 0 Å². The van der Waals surface area contributed by atoms with Crippen LogP contribution in [-0.2, 0) is 4.74 Å². The van der Waals surface area contributed by atoms with E-state index in [2.05, 4.69) is 12.2 Å². The number of carboxylic acids is 1. The van der Waals surface area contributed by atoms with Gasteiger partial charge in [0, 0.05) is 0 Å². The Kier molecular flexibility index (Phi) is 9.34. The molecular formula is C18H27NO5. The number of phenols is 1. The molecule has 0 saturated heterocycles. The minimum absolute atomic E-state index is 0.0239. The lowest BCUT2D eigenvalue weighted by molar-refractivity contribution is 0.0693. The first-order valence-electron chi connectivity index (χ1n) is 8.55. The summed E-state index contributed by atoms with van der Waals surface area (Å²) in [6, 6.07) is 4.12. The summed E-state index contributed by atoms with van der Waals surface area (Å²) < 4.78 is 5.04. The summed E-state index contributed by atoms with van der Waals surface area (Å²) in [6.45, 7) is 2.50. The number of unbranched alkanes of at least 4 members (excludes halogenated alkanes) is 7. The third kappa shape index (κ3) is 7.35. The van der Waals surface area contributed by atoms with Crippen molar-refractivity contribution in [2.45, 2.75) is 58.3 Å². The number of benzene rings is 1. The molecule has 0 aliphatic carbocycles. The number of nitrogens with one attached hydrogen (secondary N) is 1. The summed E-state index contributed by atoms with van der Waals surface area (Å²) in [5.74, 6) is -1.74. The first-order chi connectivity index (χ1) is 11.6. The van der Waals surface area contributed by atoms with E-state index in [-0.39, 0.29) is 11.3 Å². The highest BCUT2D eigenvalue weighted by Gasteiger charge is 2.14. The van der Waals surface area contributed by atoms with Gasteiger partial charge in [-0.25, -0.2) is 9.59 Å². The van der Waals surface area contributed by atoms with Gasteiger partial charge in [0.1, 0.15) is 5.56 Å². The van der Waals surface area contributed by atoms with Gasteiger partial charge in [-0.15, -0.1) is 0 Å². The number of rotatable bonds is 11. The molecule has 1 aromatic carbocycles. The molecule has 134 valence electrons. The van der Waals surface area contributed by atoms with Crippen molar-refractivity contribution < 1.29 is 24.5 Å². The van der Waals surface area contributed by atoms with E-state index in [0.717, 1.165) is 19.3 Å². The summed E-state index contributed by atoms with van der Waals surface area (Å²) in [6.07, 6.45) is 8.53. The van der Waals surface area contributed by atoms with Crippen LogP contribution < -0.4 is 5.32 Å². The molecule has 1 aromatic rings. The quantitative estimate of drug-likeness (QED) is 0.399. The lowest BCUT2D eigenvalue weighted by Crippen LogP contribution is -2.15. The summed E-state index contributed by atoms with van der Waals surface area (Å²) >= 11 is 0. The van der Waals surface area contributed by atoms with Gasteiger partial charge in [0.15, 0.2) is 5.75 Å². The zero-order valence-corrected chi connectivity index (χ0v) is 14.2. The number of hydrogen-bond donors (Lipinski definition) is 3. The highest BCUT2D eigenvalue weighted by Crippen LogP contribution is 2.27. The van der Waals surface area contributed by atoms with Gasteiger partial charge in [0.25, 0.3) is 0 Å². The van der Waals surface area contributed by atoms with Gasteiger partial charge in [-0.05, 0) is 18.6 Å². The van der Waals surface area contributed by atoms with Crippen molar-refractivity contribution in [3.8, 4) is 5.75 Å². The predicted octanol–water partition coefficient (Wildman–Crippen LogP) is 4.78. The van der Waals surface area contributed by atoms with Crippen molar-refractivity contribution >= 4 is 17.7 Å². The summed E-state index contributed by atoms with van der Waals surface area (Å²) in [5, 5.41) is 21.1. The van der Waals surface area contributed by atoms with Crippen LogP contribution in [0.4, 0.5) is 10.5 Å². The zero-order chi connectivity index (χ0) is 17.8. The molecule has 1 amide bonds. The number of carbonyl (C=O) groups is 2. The molecule has 6 nitrogen and oxygen atoms in total. The van der Waals surface area contributed by atoms with E-state index >= 15 is 0 Å². The summed E-state index contributed by atoms with van der Waals surface area (Å²) in [5.41, 5.74) is -0.244. The van der Waals surface area contributed by atoms with E-state index in [1.165, 1.54) is 50.3 Å². The standard InChI is InChI=1S/C18H27NO5/c1-2-3-4-5-6-7-8-9-13-24-18(23)19-15-12-10-11-14(16(15)20)17(21)22/h10-12,20H,2-9,13H2,1H3,(H,19,23)(H,21,22). The third-order valence-corrected chi connectivity index (χ3v) is 3.73. The molecule has 1 rings (SSSR count). The summed E-state index contributed by atoms with van der Waals surface area (Å²) in [7, 11) is 0. The molecule has 0 spiro atoms. The number of carbonyl (C=O) groups excluding carboxylic acids is 1. The molecule has 3 N–H and O–H groups in total. The van der Waals surface area contributed by atoms with Gasteiger partial charge < -0.3 is 14.9 Å². The number of anilines is 1. The van der Waals surface area contributed by atoms with Gasteiger partial charge in [0.05, 0.1) is 12.3 Å². The largest absolute Gasteiger partial charge is 0.505 e. The van der Waals surface area contributed by atoms with Crippen molar-refractivity contribution in [3.63, 3.8) is 0 Å².